The molecule has 0 atom stereocenters. The first-order valence-electron chi connectivity index (χ1n) is 7.63. The van der Waals surface area contributed by atoms with Gasteiger partial charge in [0.25, 0.3) is 5.91 Å². The van der Waals surface area contributed by atoms with Crippen LogP contribution in [0.3, 0.4) is 0 Å². The number of carbonyl (C=O) groups excluding carboxylic acids is 3. The normalized spacial score (nSPS) is 10.0. The summed E-state index contributed by atoms with van der Waals surface area (Å²) in [5.74, 6) is -0.255. The van der Waals surface area contributed by atoms with E-state index in [0.29, 0.717) is 24.1 Å². The molecule has 0 heterocycles. The van der Waals surface area contributed by atoms with Crippen molar-refractivity contribution in [2.75, 3.05) is 20.8 Å². The monoisotopic (exact) mass is 341 g/mol. The molecule has 2 aromatic carbocycles. The molecule has 0 bridgehead atoms. The van der Waals surface area contributed by atoms with Crippen LogP contribution in [-0.4, -0.2) is 43.8 Å². The van der Waals surface area contributed by atoms with Crippen LogP contribution in [0, 0.1) is 0 Å². The fraction of sp³-hybridized carbons (Fsp3) is 0.211. The Kier molecular flexibility index (Phi) is 6.28. The van der Waals surface area contributed by atoms with Crippen molar-refractivity contribution in [2.45, 2.75) is 6.54 Å². The highest BCUT2D eigenvalue weighted by Gasteiger charge is 2.15. The minimum Gasteiger partial charge on any atom is -0.496 e. The van der Waals surface area contributed by atoms with Crippen molar-refractivity contribution in [3.8, 4) is 5.75 Å². The zero-order chi connectivity index (χ0) is 18.2. The van der Waals surface area contributed by atoms with Crippen LogP contribution in [0.1, 0.15) is 26.3 Å². The number of esters is 1. The first kappa shape index (κ1) is 18.2. The quantitative estimate of drug-likeness (QED) is 0.571. The molecular formula is C19H19NO5. The molecule has 130 valence electrons. The minimum absolute atomic E-state index is 0.283. The second-order valence-electron chi connectivity index (χ2n) is 5.38. The maximum Gasteiger partial charge on any atom is 0.338 e. The van der Waals surface area contributed by atoms with Crippen molar-refractivity contribution in [1.82, 2.24) is 4.90 Å². The van der Waals surface area contributed by atoms with Gasteiger partial charge in [0.15, 0.2) is 6.61 Å². The van der Waals surface area contributed by atoms with E-state index in [0.717, 1.165) is 5.56 Å². The molecule has 0 aliphatic carbocycles. The number of carbonyl (C=O) groups is 3. The average Bonchev–Trinajstić information content (AvgIpc) is 2.66. The Labute approximate surface area is 146 Å². The van der Waals surface area contributed by atoms with Gasteiger partial charge in [0.05, 0.1) is 12.7 Å². The van der Waals surface area contributed by atoms with Crippen molar-refractivity contribution in [3.63, 3.8) is 0 Å². The summed E-state index contributed by atoms with van der Waals surface area (Å²) in [6, 6.07) is 13.4. The third kappa shape index (κ3) is 4.91. The summed E-state index contributed by atoms with van der Waals surface area (Å²) in [5.41, 5.74) is 1.60. The first-order chi connectivity index (χ1) is 12.0. The lowest BCUT2D eigenvalue weighted by Gasteiger charge is -2.18. The number of hydrogen-bond acceptors (Lipinski definition) is 5. The van der Waals surface area contributed by atoms with E-state index in [1.165, 1.54) is 29.2 Å². The molecule has 0 aliphatic rings. The molecule has 2 aromatic rings. The number of likely N-dealkylation sites (N-methyl/N-ethyl adjacent to an activating group) is 1. The zero-order valence-corrected chi connectivity index (χ0v) is 14.1. The molecule has 25 heavy (non-hydrogen) atoms. The van der Waals surface area contributed by atoms with Gasteiger partial charge in [-0.05, 0) is 18.2 Å². The van der Waals surface area contributed by atoms with E-state index in [-0.39, 0.29) is 18.1 Å². The molecule has 0 fully saturated rings. The highest BCUT2D eigenvalue weighted by Crippen LogP contribution is 2.18. The Morgan fingerprint density at radius 1 is 1.08 bits per heavy atom. The number of benzene rings is 2. The highest BCUT2D eigenvalue weighted by atomic mass is 16.5. The number of methoxy groups -OCH3 is 1. The Hall–Kier alpha value is -3.15. The van der Waals surface area contributed by atoms with E-state index in [9.17, 15) is 14.4 Å². The van der Waals surface area contributed by atoms with Crippen molar-refractivity contribution >= 4 is 18.2 Å². The van der Waals surface area contributed by atoms with Crippen LogP contribution in [-0.2, 0) is 16.1 Å². The van der Waals surface area contributed by atoms with Crippen molar-refractivity contribution in [2.24, 2.45) is 0 Å². The van der Waals surface area contributed by atoms with Gasteiger partial charge in [-0.1, -0.05) is 30.3 Å². The number of ether oxygens (including phenoxy) is 2. The van der Waals surface area contributed by atoms with Crippen LogP contribution in [0.4, 0.5) is 0 Å². The molecule has 6 nitrogen and oxygen atoms in total. The lowest BCUT2D eigenvalue weighted by atomic mass is 10.1. The fourth-order valence-corrected chi connectivity index (χ4v) is 2.20. The Bertz CT molecular complexity index is 755. The molecule has 0 aromatic heterocycles. The smallest absolute Gasteiger partial charge is 0.338 e. The average molecular weight is 341 g/mol. The molecule has 0 saturated heterocycles. The maximum absolute atomic E-state index is 12.1. The molecule has 0 radical (unpaired) electrons. The SMILES string of the molecule is COc1ccccc1CN(C)C(=O)COC(=O)c1ccc(C=O)cc1. The first-order valence-corrected chi connectivity index (χ1v) is 7.63. The van der Waals surface area contributed by atoms with Crippen LogP contribution < -0.4 is 4.74 Å². The van der Waals surface area contributed by atoms with Gasteiger partial charge in [-0.25, -0.2) is 4.79 Å². The fourth-order valence-electron chi connectivity index (χ4n) is 2.20. The van der Waals surface area contributed by atoms with Gasteiger partial charge in [-0.15, -0.1) is 0 Å². The number of amides is 1. The van der Waals surface area contributed by atoms with Crippen LogP contribution in [0.15, 0.2) is 48.5 Å². The van der Waals surface area contributed by atoms with Gasteiger partial charge < -0.3 is 14.4 Å². The van der Waals surface area contributed by atoms with Gasteiger partial charge in [-0.2, -0.15) is 0 Å². The Balaban J connectivity index is 1.90. The minimum atomic E-state index is -0.614. The van der Waals surface area contributed by atoms with E-state index in [4.69, 9.17) is 9.47 Å². The van der Waals surface area contributed by atoms with E-state index in [1.807, 2.05) is 24.3 Å². The molecule has 0 N–H and O–H groups in total. The summed E-state index contributed by atoms with van der Waals surface area (Å²) >= 11 is 0. The van der Waals surface area contributed by atoms with E-state index >= 15 is 0 Å². The second-order valence-corrected chi connectivity index (χ2v) is 5.38. The van der Waals surface area contributed by atoms with E-state index in [2.05, 4.69) is 0 Å². The third-order valence-corrected chi connectivity index (χ3v) is 3.63. The summed E-state index contributed by atoms with van der Waals surface area (Å²) in [4.78, 5) is 36.1. The van der Waals surface area contributed by atoms with Gasteiger partial charge in [-0.3, -0.25) is 9.59 Å². The topological polar surface area (TPSA) is 72.9 Å². The molecule has 0 unspecified atom stereocenters. The number of hydrogen-bond donors (Lipinski definition) is 0. The predicted molar refractivity (Wildman–Crippen MR) is 91.6 cm³/mol. The van der Waals surface area contributed by atoms with E-state index in [1.54, 1.807) is 14.2 Å². The van der Waals surface area contributed by atoms with Crippen molar-refractivity contribution in [1.29, 1.82) is 0 Å². The second kappa shape index (κ2) is 8.63. The van der Waals surface area contributed by atoms with Crippen LogP contribution >= 0.6 is 0 Å². The number of aldehydes is 1. The summed E-state index contributed by atoms with van der Waals surface area (Å²) in [5, 5.41) is 0. The lowest BCUT2D eigenvalue weighted by Crippen LogP contribution is -2.31. The molecular weight excluding hydrogens is 322 g/mol. The molecule has 6 heteroatoms. The van der Waals surface area contributed by atoms with Gasteiger partial charge in [0.1, 0.15) is 12.0 Å². The summed E-state index contributed by atoms with van der Waals surface area (Å²) < 4.78 is 10.3. The number of nitrogens with zero attached hydrogens (tertiary/aromatic N) is 1. The van der Waals surface area contributed by atoms with Gasteiger partial charge in [0.2, 0.25) is 0 Å². The molecule has 0 saturated carbocycles. The Morgan fingerprint density at radius 3 is 2.40 bits per heavy atom. The lowest BCUT2D eigenvalue weighted by molar-refractivity contribution is -0.133. The summed E-state index contributed by atoms with van der Waals surface area (Å²) in [6.07, 6.45) is 0.686. The van der Waals surface area contributed by atoms with Crippen molar-refractivity contribution in [3.05, 3.63) is 65.2 Å². The maximum atomic E-state index is 12.1. The van der Waals surface area contributed by atoms with Crippen LogP contribution in [0.25, 0.3) is 0 Å². The Morgan fingerprint density at radius 2 is 1.76 bits per heavy atom. The standard InChI is InChI=1S/C19H19NO5/c1-20(11-16-5-3-4-6-17(16)24-2)18(22)13-25-19(23)15-9-7-14(12-21)8-10-15/h3-10,12H,11,13H2,1-2H3. The van der Waals surface area contributed by atoms with Gasteiger partial charge >= 0.3 is 5.97 Å². The summed E-state index contributed by atoms with van der Waals surface area (Å²) in [7, 11) is 3.19. The van der Waals surface area contributed by atoms with Crippen LogP contribution in [0.2, 0.25) is 0 Å². The molecule has 0 spiro atoms. The van der Waals surface area contributed by atoms with Crippen LogP contribution in [0.5, 0.6) is 5.75 Å². The summed E-state index contributed by atoms with van der Waals surface area (Å²) in [6.45, 7) is -0.0195. The molecule has 2 rings (SSSR count). The molecule has 1 amide bonds. The largest absolute Gasteiger partial charge is 0.496 e. The number of para-hydroxylation sites is 1. The number of rotatable bonds is 7. The zero-order valence-electron chi connectivity index (χ0n) is 14.1. The molecule has 0 aliphatic heterocycles. The van der Waals surface area contributed by atoms with Crippen molar-refractivity contribution < 1.29 is 23.9 Å². The van der Waals surface area contributed by atoms with Gasteiger partial charge in [0, 0.05) is 24.7 Å². The third-order valence-electron chi connectivity index (χ3n) is 3.63. The van der Waals surface area contributed by atoms with E-state index < -0.39 is 5.97 Å². The predicted octanol–water partition coefficient (Wildman–Crippen LogP) is 2.32. The highest BCUT2D eigenvalue weighted by molar-refractivity contribution is 5.92.